The molecule has 5 N–H and O–H groups in total. The molecule has 4 nitrogen and oxygen atoms in total. The summed E-state index contributed by atoms with van der Waals surface area (Å²) in [6.07, 6.45) is 3.44. The SMILES string of the molecule is Nc1cc(N)c(N=Cc2ccccc2)c[nH+]1. The van der Waals surface area contributed by atoms with Crippen molar-refractivity contribution in [2.24, 2.45) is 4.99 Å². The smallest absolute Gasteiger partial charge is 0.272 e. The molecule has 0 unspecified atom stereocenters. The Labute approximate surface area is 93.6 Å². The van der Waals surface area contributed by atoms with Gasteiger partial charge in [0.15, 0.2) is 0 Å². The van der Waals surface area contributed by atoms with Crippen LogP contribution in [0.5, 0.6) is 0 Å². The quantitative estimate of drug-likeness (QED) is 0.740. The van der Waals surface area contributed by atoms with E-state index >= 15 is 0 Å². The second kappa shape index (κ2) is 4.44. The minimum Gasteiger partial charge on any atom is -0.397 e. The number of nitrogen functional groups attached to an aromatic ring is 2. The van der Waals surface area contributed by atoms with E-state index in [2.05, 4.69) is 9.98 Å². The zero-order valence-corrected chi connectivity index (χ0v) is 8.72. The van der Waals surface area contributed by atoms with Crippen LogP contribution < -0.4 is 16.5 Å². The van der Waals surface area contributed by atoms with Gasteiger partial charge in [-0.2, -0.15) is 0 Å². The third kappa shape index (κ3) is 2.36. The normalized spacial score (nSPS) is 10.8. The molecule has 0 saturated heterocycles. The van der Waals surface area contributed by atoms with Crippen LogP contribution in [0.2, 0.25) is 0 Å². The van der Waals surface area contributed by atoms with Gasteiger partial charge in [0.05, 0.1) is 11.8 Å². The molecule has 0 aliphatic rings. The van der Waals surface area contributed by atoms with Crippen LogP contribution in [0, 0.1) is 0 Å². The summed E-state index contributed by atoms with van der Waals surface area (Å²) < 4.78 is 0. The van der Waals surface area contributed by atoms with E-state index in [1.165, 1.54) is 0 Å². The van der Waals surface area contributed by atoms with Gasteiger partial charge < -0.3 is 5.73 Å². The van der Waals surface area contributed by atoms with E-state index in [-0.39, 0.29) is 0 Å². The highest BCUT2D eigenvalue weighted by Gasteiger charge is 2.00. The van der Waals surface area contributed by atoms with Crippen molar-refractivity contribution in [1.29, 1.82) is 0 Å². The van der Waals surface area contributed by atoms with E-state index < -0.39 is 0 Å². The van der Waals surface area contributed by atoms with Crippen LogP contribution in [-0.2, 0) is 0 Å². The summed E-state index contributed by atoms with van der Waals surface area (Å²) in [6, 6.07) is 11.5. The van der Waals surface area contributed by atoms with Gasteiger partial charge in [0.1, 0.15) is 11.9 Å². The molecule has 4 heteroatoms. The highest BCUT2D eigenvalue weighted by molar-refractivity contribution is 5.83. The summed E-state index contributed by atoms with van der Waals surface area (Å²) in [5.41, 5.74) is 13.6. The molecule has 0 spiro atoms. The summed E-state index contributed by atoms with van der Waals surface area (Å²) in [4.78, 5) is 7.14. The Morgan fingerprint density at radius 1 is 1.12 bits per heavy atom. The number of aromatic amines is 1. The Kier molecular flexibility index (Phi) is 2.82. The third-order valence-electron chi connectivity index (χ3n) is 2.13. The van der Waals surface area contributed by atoms with Crippen molar-refractivity contribution in [1.82, 2.24) is 0 Å². The van der Waals surface area contributed by atoms with Gasteiger partial charge in [-0.05, 0) is 5.56 Å². The van der Waals surface area contributed by atoms with Crippen LogP contribution in [-0.4, -0.2) is 6.21 Å². The number of rotatable bonds is 2. The Hall–Kier alpha value is -2.36. The number of nitrogens with zero attached hydrogens (tertiary/aromatic N) is 1. The number of aliphatic imine (C=N–C) groups is 1. The third-order valence-corrected chi connectivity index (χ3v) is 2.13. The maximum Gasteiger partial charge on any atom is 0.272 e. The molecule has 0 atom stereocenters. The van der Waals surface area contributed by atoms with E-state index in [1.54, 1.807) is 18.5 Å². The number of nitrogens with two attached hydrogens (primary N) is 2. The first-order valence-electron chi connectivity index (χ1n) is 4.91. The van der Waals surface area contributed by atoms with Crippen LogP contribution in [0.25, 0.3) is 0 Å². The fourth-order valence-electron chi connectivity index (χ4n) is 1.31. The van der Waals surface area contributed by atoms with E-state index in [9.17, 15) is 0 Å². The van der Waals surface area contributed by atoms with Gasteiger partial charge in [0.25, 0.3) is 5.82 Å². The number of aromatic nitrogens is 1. The van der Waals surface area contributed by atoms with Gasteiger partial charge in [0, 0.05) is 6.21 Å². The highest BCUT2D eigenvalue weighted by Crippen LogP contribution is 2.19. The van der Waals surface area contributed by atoms with Crippen molar-refractivity contribution < 1.29 is 4.98 Å². The molecule has 0 radical (unpaired) electrons. The van der Waals surface area contributed by atoms with Gasteiger partial charge in [-0.3, -0.25) is 10.7 Å². The van der Waals surface area contributed by atoms with Gasteiger partial charge >= 0.3 is 0 Å². The predicted octanol–water partition coefficient (Wildman–Crippen LogP) is 1.42. The Balaban J connectivity index is 2.24. The number of hydrogen-bond acceptors (Lipinski definition) is 3. The molecule has 0 amide bonds. The van der Waals surface area contributed by atoms with Crippen molar-refractivity contribution in [2.45, 2.75) is 0 Å². The van der Waals surface area contributed by atoms with Gasteiger partial charge in [-0.25, -0.2) is 4.98 Å². The number of benzene rings is 1. The average molecular weight is 213 g/mol. The first-order chi connectivity index (χ1) is 7.75. The monoisotopic (exact) mass is 213 g/mol. The maximum atomic E-state index is 5.77. The molecule has 0 aliphatic carbocycles. The standard InChI is InChI=1S/C12H12N4/c13-10-6-12(14)16-8-11(10)15-7-9-4-2-1-3-5-9/h1-8H,(H4,13,14,16)/p+1. The summed E-state index contributed by atoms with van der Waals surface area (Å²) in [5.74, 6) is 0.524. The summed E-state index contributed by atoms with van der Waals surface area (Å²) in [5, 5.41) is 0. The first-order valence-corrected chi connectivity index (χ1v) is 4.91. The van der Waals surface area contributed by atoms with Crippen LogP contribution in [0.3, 0.4) is 0 Å². The number of anilines is 2. The topological polar surface area (TPSA) is 78.5 Å². The van der Waals surface area contributed by atoms with Crippen molar-refractivity contribution in [3.8, 4) is 0 Å². The fraction of sp³-hybridized carbons (Fsp3) is 0. The molecular formula is C12H13N4+. The summed E-state index contributed by atoms with van der Waals surface area (Å²) in [7, 11) is 0. The molecule has 0 bridgehead atoms. The molecular weight excluding hydrogens is 200 g/mol. The summed E-state index contributed by atoms with van der Waals surface area (Å²) >= 11 is 0. The second-order valence-corrected chi connectivity index (χ2v) is 3.40. The molecule has 80 valence electrons. The molecule has 0 saturated carbocycles. The van der Waals surface area contributed by atoms with Crippen molar-refractivity contribution >= 4 is 23.4 Å². The van der Waals surface area contributed by atoms with Crippen LogP contribution >= 0.6 is 0 Å². The molecule has 0 fully saturated rings. The lowest BCUT2D eigenvalue weighted by atomic mass is 10.2. The minimum absolute atomic E-state index is 0.524. The van der Waals surface area contributed by atoms with E-state index in [1.807, 2.05) is 30.3 Å². The zero-order valence-electron chi connectivity index (χ0n) is 8.72. The molecule has 2 rings (SSSR count). The largest absolute Gasteiger partial charge is 0.397 e. The highest BCUT2D eigenvalue weighted by atomic mass is 14.9. The predicted molar refractivity (Wildman–Crippen MR) is 65.5 cm³/mol. The molecule has 16 heavy (non-hydrogen) atoms. The van der Waals surface area contributed by atoms with Gasteiger partial charge in [-0.1, -0.05) is 30.3 Å². The van der Waals surface area contributed by atoms with Crippen molar-refractivity contribution in [3.63, 3.8) is 0 Å². The molecule has 2 aromatic rings. The Bertz CT molecular complexity index is 506. The van der Waals surface area contributed by atoms with Crippen LogP contribution in [0.15, 0.2) is 47.6 Å². The van der Waals surface area contributed by atoms with E-state index in [4.69, 9.17) is 11.5 Å². The van der Waals surface area contributed by atoms with Gasteiger partial charge in [0.2, 0.25) is 0 Å². The number of nitrogens with one attached hydrogen (secondary N) is 1. The maximum absolute atomic E-state index is 5.77. The molecule has 0 aliphatic heterocycles. The number of H-pyrrole nitrogens is 1. The minimum atomic E-state index is 0.524. The van der Waals surface area contributed by atoms with Crippen molar-refractivity contribution in [2.75, 3.05) is 11.5 Å². The lowest BCUT2D eigenvalue weighted by molar-refractivity contribution is -0.359. The average Bonchev–Trinajstić information content (AvgIpc) is 2.29. The summed E-state index contributed by atoms with van der Waals surface area (Å²) in [6.45, 7) is 0. The van der Waals surface area contributed by atoms with E-state index in [0.717, 1.165) is 5.56 Å². The lowest BCUT2D eigenvalue weighted by Crippen LogP contribution is -2.09. The zero-order chi connectivity index (χ0) is 11.4. The van der Waals surface area contributed by atoms with E-state index in [0.29, 0.717) is 17.2 Å². The molecule has 1 aromatic carbocycles. The van der Waals surface area contributed by atoms with Crippen LogP contribution in [0.4, 0.5) is 17.2 Å². The van der Waals surface area contributed by atoms with Crippen LogP contribution in [0.1, 0.15) is 5.56 Å². The van der Waals surface area contributed by atoms with Gasteiger partial charge in [-0.15, -0.1) is 0 Å². The fourth-order valence-corrected chi connectivity index (χ4v) is 1.31. The molecule has 1 heterocycles. The number of pyridine rings is 1. The Morgan fingerprint density at radius 2 is 1.88 bits per heavy atom. The second-order valence-electron chi connectivity index (χ2n) is 3.40. The molecule has 1 aromatic heterocycles. The van der Waals surface area contributed by atoms with Crippen molar-refractivity contribution in [3.05, 3.63) is 48.2 Å². The lowest BCUT2D eigenvalue weighted by Gasteiger charge is -1.97. The first kappa shape index (κ1) is 10.2. The Morgan fingerprint density at radius 3 is 2.56 bits per heavy atom. The number of hydrogen-bond donors (Lipinski definition) is 2.